The highest BCUT2D eigenvalue weighted by atomic mass is 35.5. The van der Waals surface area contributed by atoms with Gasteiger partial charge in [-0.1, -0.05) is 5.16 Å². The lowest BCUT2D eigenvalue weighted by Crippen LogP contribution is -2.39. The molecule has 6 heteroatoms. The number of amides is 1. The number of hydrogen-bond donors (Lipinski definition) is 1. The van der Waals surface area contributed by atoms with Crippen LogP contribution in [0.2, 0.25) is 0 Å². The summed E-state index contributed by atoms with van der Waals surface area (Å²) in [6, 6.07) is 0. The first-order valence-corrected chi connectivity index (χ1v) is 7.04. The Morgan fingerprint density at radius 2 is 2.00 bits per heavy atom. The minimum absolute atomic E-state index is 0. The largest absolute Gasteiger partial charge is 0.361 e. The third-order valence-corrected chi connectivity index (χ3v) is 4.64. The molecule has 2 saturated heterocycles. The van der Waals surface area contributed by atoms with E-state index in [1.807, 2.05) is 18.7 Å². The molecule has 3 heterocycles. The number of aromatic nitrogens is 1. The molecule has 0 aromatic carbocycles. The zero-order valence-corrected chi connectivity index (χ0v) is 12.9. The molecular formula is C14H22ClN3O2. The van der Waals surface area contributed by atoms with Crippen molar-refractivity contribution in [2.45, 2.75) is 33.1 Å². The van der Waals surface area contributed by atoms with Gasteiger partial charge in [0.2, 0.25) is 0 Å². The van der Waals surface area contributed by atoms with Gasteiger partial charge in [0.1, 0.15) is 11.3 Å². The number of nitrogens with zero attached hydrogens (tertiary/aromatic N) is 2. The van der Waals surface area contributed by atoms with Crippen LogP contribution >= 0.6 is 12.4 Å². The van der Waals surface area contributed by atoms with E-state index in [1.54, 1.807) is 0 Å². The van der Waals surface area contributed by atoms with E-state index < -0.39 is 0 Å². The van der Waals surface area contributed by atoms with Gasteiger partial charge in [0.15, 0.2) is 0 Å². The molecule has 20 heavy (non-hydrogen) atoms. The van der Waals surface area contributed by atoms with Crippen molar-refractivity contribution in [3.05, 3.63) is 17.0 Å². The molecule has 1 aromatic heterocycles. The number of hydrogen-bond acceptors (Lipinski definition) is 4. The summed E-state index contributed by atoms with van der Waals surface area (Å²) in [6.45, 7) is 7.55. The molecule has 1 aromatic rings. The molecule has 0 saturated carbocycles. The fourth-order valence-corrected chi connectivity index (χ4v) is 3.42. The van der Waals surface area contributed by atoms with Crippen LogP contribution < -0.4 is 5.32 Å². The van der Waals surface area contributed by atoms with E-state index in [4.69, 9.17) is 4.52 Å². The molecule has 0 radical (unpaired) electrons. The lowest BCUT2D eigenvalue weighted by atomic mass is 9.78. The molecule has 2 aliphatic rings. The van der Waals surface area contributed by atoms with Crippen molar-refractivity contribution in [3.8, 4) is 0 Å². The normalized spacial score (nSPS) is 21.0. The van der Waals surface area contributed by atoms with Crippen molar-refractivity contribution in [2.75, 3.05) is 26.2 Å². The van der Waals surface area contributed by atoms with Gasteiger partial charge in [-0.2, -0.15) is 0 Å². The van der Waals surface area contributed by atoms with Crippen LogP contribution in [0, 0.1) is 19.3 Å². The van der Waals surface area contributed by atoms with Gasteiger partial charge < -0.3 is 14.7 Å². The third-order valence-electron chi connectivity index (χ3n) is 4.64. The van der Waals surface area contributed by atoms with E-state index >= 15 is 0 Å². The van der Waals surface area contributed by atoms with Crippen LogP contribution in [0.25, 0.3) is 0 Å². The molecule has 0 aliphatic carbocycles. The fraction of sp³-hybridized carbons (Fsp3) is 0.714. The van der Waals surface area contributed by atoms with Crippen molar-refractivity contribution in [3.63, 3.8) is 0 Å². The lowest BCUT2D eigenvalue weighted by molar-refractivity contribution is 0.0759. The first kappa shape index (κ1) is 15.3. The van der Waals surface area contributed by atoms with Gasteiger partial charge in [-0.05, 0) is 51.6 Å². The van der Waals surface area contributed by atoms with Gasteiger partial charge in [-0.25, -0.2) is 0 Å². The van der Waals surface area contributed by atoms with Gasteiger partial charge in [-0.15, -0.1) is 12.4 Å². The van der Waals surface area contributed by atoms with Crippen LogP contribution in [0.4, 0.5) is 0 Å². The van der Waals surface area contributed by atoms with E-state index in [-0.39, 0.29) is 18.3 Å². The topological polar surface area (TPSA) is 58.4 Å². The molecular weight excluding hydrogens is 278 g/mol. The average molecular weight is 300 g/mol. The molecule has 5 nitrogen and oxygen atoms in total. The smallest absolute Gasteiger partial charge is 0.259 e. The number of aryl methyl sites for hydroxylation is 2. The van der Waals surface area contributed by atoms with Crippen molar-refractivity contribution in [1.82, 2.24) is 15.4 Å². The van der Waals surface area contributed by atoms with Gasteiger partial charge >= 0.3 is 0 Å². The number of rotatable bonds is 1. The minimum atomic E-state index is 0. The minimum Gasteiger partial charge on any atom is -0.361 e. The first-order chi connectivity index (χ1) is 9.11. The highest BCUT2D eigenvalue weighted by molar-refractivity contribution is 5.96. The standard InChI is InChI=1S/C14H21N3O2.ClH/c1-10-12(11(2)19-16-10)13(18)17-8-5-14(9-17)3-6-15-7-4-14;/h15H,3-9H2,1-2H3;1H. The first-order valence-electron chi connectivity index (χ1n) is 7.04. The number of carbonyl (C=O) groups excluding carboxylic acids is 1. The quantitative estimate of drug-likeness (QED) is 0.861. The lowest BCUT2D eigenvalue weighted by Gasteiger charge is -2.33. The second-order valence-corrected chi connectivity index (χ2v) is 5.93. The van der Waals surface area contributed by atoms with E-state index in [9.17, 15) is 4.79 Å². The van der Waals surface area contributed by atoms with E-state index in [0.29, 0.717) is 22.4 Å². The molecule has 2 fully saturated rings. The van der Waals surface area contributed by atoms with Crippen molar-refractivity contribution < 1.29 is 9.32 Å². The highest BCUT2D eigenvalue weighted by Crippen LogP contribution is 2.39. The van der Waals surface area contributed by atoms with Crippen LogP contribution in [0.3, 0.4) is 0 Å². The van der Waals surface area contributed by atoms with Gasteiger partial charge in [0.25, 0.3) is 5.91 Å². The Bertz CT molecular complexity index is 475. The Morgan fingerprint density at radius 3 is 2.60 bits per heavy atom. The second-order valence-electron chi connectivity index (χ2n) is 5.93. The summed E-state index contributed by atoms with van der Waals surface area (Å²) in [5, 5.41) is 7.28. The maximum Gasteiger partial charge on any atom is 0.259 e. The van der Waals surface area contributed by atoms with E-state index in [1.165, 1.54) is 12.8 Å². The van der Waals surface area contributed by atoms with Crippen LogP contribution in [0.1, 0.15) is 41.1 Å². The number of piperidine rings is 1. The summed E-state index contributed by atoms with van der Waals surface area (Å²) < 4.78 is 5.11. The molecule has 1 N–H and O–H groups in total. The molecule has 3 rings (SSSR count). The molecule has 2 aliphatic heterocycles. The van der Waals surface area contributed by atoms with Crippen molar-refractivity contribution >= 4 is 18.3 Å². The zero-order valence-electron chi connectivity index (χ0n) is 12.1. The summed E-state index contributed by atoms with van der Waals surface area (Å²) in [6.07, 6.45) is 3.49. The fourth-order valence-electron chi connectivity index (χ4n) is 3.42. The number of nitrogens with one attached hydrogen (secondary N) is 1. The molecule has 1 amide bonds. The monoisotopic (exact) mass is 299 g/mol. The highest BCUT2D eigenvalue weighted by Gasteiger charge is 2.41. The van der Waals surface area contributed by atoms with Crippen LogP contribution in [-0.4, -0.2) is 42.1 Å². The summed E-state index contributed by atoms with van der Waals surface area (Å²) in [4.78, 5) is 14.6. The number of likely N-dealkylation sites (tertiary alicyclic amines) is 1. The molecule has 0 atom stereocenters. The Morgan fingerprint density at radius 1 is 1.30 bits per heavy atom. The number of carbonyl (C=O) groups is 1. The van der Waals surface area contributed by atoms with Gasteiger partial charge in [0.05, 0.1) is 5.69 Å². The zero-order chi connectivity index (χ0) is 13.5. The van der Waals surface area contributed by atoms with Crippen molar-refractivity contribution in [2.24, 2.45) is 5.41 Å². The SMILES string of the molecule is Cc1noc(C)c1C(=O)N1CCC2(CCNCC2)C1.Cl. The Labute approximate surface area is 125 Å². The van der Waals surface area contributed by atoms with Crippen LogP contribution in [-0.2, 0) is 0 Å². The molecule has 112 valence electrons. The average Bonchev–Trinajstić information content (AvgIpc) is 2.95. The summed E-state index contributed by atoms with van der Waals surface area (Å²) >= 11 is 0. The summed E-state index contributed by atoms with van der Waals surface area (Å²) in [7, 11) is 0. The third kappa shape index (κ3) is 2.56. The van der Waals surface area contributed by atoms with Crippen LogP contribution in [0.15, 0.2) is 4.52 Å². The molecule has 0 bridgehead atoms. The Balaban J connectivity index is 0.00000147. The van der Waals surface area contributed by atoms with Crippen LogP contribution in [0.5, 0.6) is 0 Å². The van der Waals surface area contributed by atoms with Gasteiger partial charge in [-0.3, -0.25) is 4.79 Å². The predicted octanol–water partition coefficient (Wildman–Crippen LogP) is 1.93. The van der Waals surface area contributed by atoms with Gasteiger partial charge in [0, 0.05) is 13.1 Å². The van der Waals surface area contributed by atoms with E-state index in [2.05, 4.69) is 10.5 Å². The number of halogens is 1. The van der Waals surface area contributed by atoms with Crippen molar-refractivity contribution in [1.29, 1.82) is 0 Å². The molecule has 1 spiro atoms. The molecule has 0 unspecified atom stereocenters. The summed E-state index contributed by atoms with van der Waals surface area (Å²) in [5.41, 5.74) is 1.71. The Hall–Kier alpha value is -1.07. The summed E-state index contributed by atoms with van der Waals surface area (Å²) in [5.74, 6) is 0.723. The Kier molecular flexibility index (Phi) is 4.39. The second kappa shape index (κ2) is 5.74. The maximum absolute atomic E-state index is 12.6. The van der Waals surface area contributed by atoms with E-state index in [0.717, 1.165) is 32.6 Å². The maximum atomic E-state index is 12.6. The predicted molar refractivity (Wildman–Crippen MR) is 78.3 cm³/mol.